The number of anilines is 1. The molecular weight excluding hydrogens is 517 g/mol. The first-order chi connectivity index (χ1) is 19.8. The third kappa shape index (κ3) is 6.03. The number of hydrogen-bond donors (Lipinski definition) is 2. The van der Waals surface area contributed by atoms with E-state index >= 15 is 0 Å². The second-order valence-corrected chi connectivity index (χ2v) is 12.2. The molecule has 1 aromatic heterocycles. The van der Waals surface area contributed by atoms with E-state index in [1.807, 2.05) is 72.6 Å². The van der Waals surface area contributed by atoms with E-state index in [0.29, 0.717) is 36.7 Å². The Bertz CT molecular complexity index is 1390. The number of hydrogen-bond acceptors (Lipinski definition) is 5. The lowest BCUT2D eigenvalue weighted by Crippen LogP contribution is -2.50. The highest BCUT2D eigenvalue weighted by Crippen LogP contribution is 2.42. The summed E-state index contributed by atoms with van der Waals surface area (Å²) in [6.07, 6.45) is 6.09. The fourth-order valence-electron chi connectivity index (χ4n) is 6.42. The third-order valence-electron chi connectivity index (χ3n) is 9.16. The number of aromatic nitrogens is 2. The van der Waals surface area contributed by atoms with E-state index in [-0.39, 0.29) is 23.8 Å². The van der Waals surface area contributed by atoms with Gasteiger partial charge in [0.05, 0.1) is 0 Å². The van der Waals surface area contributed by atoms with Gasteiger partial charge in [0.2, 0.25) is 11.8 Å². The van der Waals surface area contributed by atoms with Gasteiger partial charge < -0.3 is 16.0 Å². The summed E-state index contributed by atoms with van der Waals surface area (Å²) in [5.41, 5.74) is 10.1. The Kier molecular flexibility index (Phi) is 7.60. The van der Waals surface area contributed by atoms with E-state index in [1.54, 1.807) is 0 Å². The first kappa shape index (κ1) is 27.5. The molecule has 214 valence electrons. The number of rotatable bonds is 8. The monoisotopic (exact) mass is 555 g/mol. The van der Waals surface area contributed by atoms with Gasteiger partial charge in [-0.3, -0.25) is 9.59 Å². The molecule has 6 rings (SSSR count). The number of halogens is 1. The second-order valence-electron chi connectivity index (χ2n) is 12.2. The van der Waals surface area contributed by atoms with Gasteiger partial charge in [-0.05, 0) is 61.6 Å². The van der Waals surface area contributed by atoms with Crippen molar-refractivity contribution in [2.75, 3.05) is 12.4 Å². The summed E-state index contributed by atoms with van der Waals surface area (Å²) < 4.78 is 13.5. The molecule has 0 bridgehead atoms. The van der Waals surface area contributed by atoms with E-state index < -0.39 is 11.7 Å². The van der Waals surface area contributed by atoms with Crippen molar-refractivity contribution in [1.82, 2.24) is 15.1 Å². The van der Waals surface area contributed by atoms with Gasteiger partial charge in [-0.25, -0.2) is 4.39 Å². The lowest BCUT2D eigenvalue weighted by molar-refractivity contribution is -0.134. The minimum Gasteiger partial charge on any atom is -0.343 e. The van der Waals surface area contributed by atoms with Crippen LogP contribution in [0.25, 0.3) is 22.4 Å². The van der Waals surface area contributed by atoms with Crippen molar-refractivity contribution < 1.29 is 14.0 Å². The number of carbonyl (C=O) groups is 2. The second kappa shape index (κ2) is 11.3. The fraction of sp³-hybridized carbons (Fsp3) is 0.455. The van der Waals surface area contributed by atoms with E-state index in [4.69, 9.17) is 5.73 Å². The van der Waals surface area contributed by atoms with Crippen molar-refractivity contribution in [2.45, 2.75) is 75.5 Å². The smallest absolute Gasteiger partial charge is 0.225 e. The van der Waals surface area contributed by atoms with Crippen molar-refractivity contribution in [2.24, 2.45) is 17.6 Å². The maximum atomic E-state index is 13.5. The van der Waals surface area contributed by atoms with E-state index in [9.17, 15) is 14.0 Å². The highest BCUT2D eigenvalue weighted by Gasteiger charge is 2.42. The molecule has 0 saturated heterocycles. The standard InChI is InChI=1S/C33H38FN5O2/c1-39(32(41)24-9-10-24)27-15-7-21(8-16-27)17-30(40)36-29-18-28(22-5-3-2-4-6-22)31(38-37-29)23-11-13-25(14-12-23)33(35)19-26(34)20-33/h2-6,11-14,18,21,24,26-27H,7-10,15-17,19-20,35H2,1H3,(H,36,37,40)/t21-,26?,27-,33?. The van der Waals surface area contributed by atoms with Crippen molar-refractivity contribution in [3.8, 4) is 22.4 Å². The number of nitrogens with zero attached hydrogens (tertiary/aromatic N) is 3. The molecule has 0 unspecified atom stereocenters. The Labute approximate surface area is 240 Å². The lowest BCUT2D eigenvalue weighted by atomic mass is 9.71. The largest absolute Gasteiger partial charge is 0.343 e. The summed E-state index contributed by atoms with van der Waals surface area (Å²) in [5, 5.41) is 11.9. The summed E-state index contributed by atoms with van der Waals surface area (Å²) >= 11 is 0. The Morgan fingerprint density at radius 3 is 2.27 bits per heavy atom. The first-order valence-corrected chi connectivity index (χ1v) is 14.8. The van der Waals surface area contributed by atoms with Gasteiger partial charge >= 0.3 is 0 Å². The Morgan fingerprint density at radius 1 is 0.951 bits per heavy atom. The molecule has 3 fully saturated rings. The van der Waals surface area contributed by atoms with Crippen LogP contribution in [-0.2, 0) is 15.1 Å². The zero-order valence-corrected chi connectivity index (χ0v) is 23.6. The zero-order valence-electron chi connectivity index (χ0n) is 23.6. The topological polar surface area (TPSA) is 101 Å². The zero-order chi connectivity index (χ0) is 28.6. The first-order valence-electron chi connectivity index (χ1n) is 14.8. The highest BCUT2D eigenvalue weighted by molar-refractivity contribution is 5.91. The van der Waals surface area contributed by atoms with Crippen molar-refractivity contribution in [3.05, 3.63) is 66.2 Å². The molecule has 2 amide bonds. The number of benzene rings is 2. The Morgan fingerprint density at radius 2 is 1.63 bits per heavy atom. The summed E-state index contributed by atoms with van der Waals surface area (Å²) in [7, 11) is 1.93. The average Bonchev–Trinajstić information content (AvgIpc) is 3.82. The van der Waals surface area contributed by atoms with Gasteiger partial charge in [-0.15, -0.1) is 10.2 Å². The molecule has 2 aromatic carbocycles. The molecule has 0 radical (unpaired) electrons. The van der Waals surface area contributed by atoms with Crippen LogP contribution in [-0.4, -0.2) is 46.2 Å². The van der Waals surface area contributed by atoms with Gasteiger partial charge in [-0.2, -0.15) is 0 Å². The molecule has 3 saturated carbocycles. The van der Waals surface area contributed by atoms with Gasteiger partial charge in [0.25, 0.3) is 0 Å². The normalized spacial score (nSPS) is 25.7. The molecule has 3 aliphatic carbocycles. The molecule has 3 aromatic rings. The van der Waals surface area contributed by atoms with Crippen LogP contribution in [0.2, 0.25) is 0 Å². The Hall–Kier alpha value is -3.65. The summed E-state index contributed by atoms with van der Waals surface area (Å²) in [5.74, 6) is 1.18. The minimum absolute atomic E-state index is 0.0683. The highest BCUT2D eigenvalue weighted by atomic mass is 19.1. The van der Waals surface area contributed by atoms with Crippen LogP contribution in [0.5, 0.6) is 0 Å². The number of nitrogens with two attached hydrogens (primary N) is 1. The van der Waals surface area contributed by atoms with Crippen LogP contribution in [0.3, 0.4) is 0 Å². The van der Waals surface area contributed by atoms with Crippen LogP contribution in [0.4, 0.5) is 10.2 Å². The van der Waals surface area contributed by atoms with Crippen LogP contribution in [0.15, 0.2) is 60.7 Å². The molecule has 1 heterocycles. The lowest BCUT2D eigenvalue weighted by Gasteiger charge is -2.41. The van der Waals surface area contributed by atoms with E-state index in [1.165, 1.54) is 0 Å². The maximum absolute atomic E-state index is 13.5. The minimum atomic E-state index is -0.836. The molecule has 0 atom stereocenters. The van der Waals surface area contributed by atoms with Crippen LogP contribution in [0, 0.1) is 11.8 Å². The average molecular weight is 556 g/mol. The predicted octanol–water partition coefficient (Wildman–Crippen LogP) is 5.85. The molecule has 0 spiro atoms. The fourth-order valence-corrected chi connectivity index (χ4v) is 6.42. The van der Waals surface area contributed by atoms with Gasteiger partial charge in [0.15, 0.2) is 5.82 Å². The maximum Gasteiger partial charge on any atom is 0.225 e. The molecule has 3 N–H and O–H groups in total. The van der Waals surface area contributed by atoms with Gasteiger partial charge in [-0.1, -0.05) is 54.6 Å². The number of carbonyl (C=O) groups excluding carboxylic acids is 2. The molecule has 7 nitrogen and oxygen atoms in total. The predicted molar refractivity (Wildman–Crippen MR) is 157 cm³/mol. The summed E-state index contributed by atoms with van der Waals surface area (Å²) in [6.45, 7) is 0. The van der Waals surface area contributed by atoms with Crippen molar-refractivity contribution >= 4 is 17.6 Å². The van der Waals surface area contributed by atoms with Crippen molar-refractivity contribution in [1.29, 1.82) is 0 Å². The third-order valence-corrected chi connectivity index (χ3v) is 9.16. The SMILES string of the molecule is CN(C(=O)C1CC1)[C@H]1CC[C@H](CC(=O)Nc2cc(-c3ccccc3)c(-c3ccc(C4(N)CC(F)C4)cc3)nn2)CC1. The molecule has 41 heavy (non-hydrogen) atoms. The van der Waals surface area contributed by atoms with Crippen LogP contribution >= 0.6 is 0 Å². The number of nitrogens with one attached hydrogen (secondary N) is 1. The molecule has 3 aliphatic rings. The Balaban J connectivity index is 1.13. The molecule has 8 heteroatoms. The summed E-state index contributed by atoms with van der Waals surface area (Å²) in [6, 6.07) is 19.9. The van der Waals surface area contributed by atoms with Gasteiger partial charge in [0, 0.05) is 54.9 Å². The van der Waals surface area contributed by atoms with E-state index in [0.717, 1.165) is 60.8 Å². The summed E-state index contributed by atoms with van der Waals surface area (Å²) in [4.78, 5) is 27.4. The number of amides is 2. The van der Waals surface area contributed by atoms with Crippen LogP contribution in [0.1, 0.15) is 63.4 Å². The van der Waals surface area contributed by atoms with Gasteiger partial charge in [0.1, 0.15) is 11.9 Å². The molecular formula is C33H38FN5O2. The van der Waals surface area contributed by atoms with Crippen LogP contribution < -0.4 is 11.1 Å². The van der Waals surface area contributed by atoms with E-state index in [2.05, 4.69) is 15.5 Å². The number of alkyl halides is 1. The molecule has 0 aliphatic heterocycles. The van der Waals surface area contributed by atoms with Crippen molar-refractivity contribution in [3.63, 3.8) is 0 Å². The quantitative estimate of drug-likeness (QED) is 0.363.